The third-order valence-corrected chi connectivity index (χ3v) is 9.15. The van der Waals surface area contributed by atoms with Crippen LogP contribution in [0.5, 0.6) is 0 Å². The topological polar surface area (TPSA) is 63.3 Å². The van der Waals surface area contributed by atoms with Crippen LogP contribution in [0, 0.1) is 24.8 Å². The molecule has 227 valence electrons. The standard InChI is InChI=1S/C26H14NO.C13H24O2.Ir/c1-14-13-28-26-19-9-10-27-25-21-12-16-6-3-2-5-15(16)11-20(21)17-7-4-8-18(22(14)26)23(17)24(19)25;1-5-10(6-2)12(14)9-13(15)11(7-3)8-4;/h2-11,13H,1H3;9-11,14H,5-8H2,1-4H3;/q-1;;/b;12-9-;. The fourth-order valence-corrected chi connectivity index (χ4v) is 6.67. The summed E-state index contributed by atoms with van der Waals surface area (Å²) in [5, 5.41) is 21.6. The number of hydrogen-bond acceptors (Lipinski definition) is 4. The van der Waals surface area contributed by atoms with Gasteiger partial charge in [-0.15, -0.1) is 23.6 Å². The van der Waals surface area contributed by atoms with Gasteiger partial charge >= 0.3 is 0 Å². The summed E-state index contributed by atoms with van der Waals surface area (Å²) in [5.41, 5.74) is 3.12. The number of aliphatic hydroxyl groups excluding tert-OH is 1. The molecule has 0 saturated carbocycles. The summed E-state index contributed by atoms with van der Waals surface area (Å²) in [6.45, 7) is 10.2. The number of carbonyl (C=O) groups is 1. The summed E-state index contributed by atoms with van der Waals surface area (Å²) in [6, 6.07) is 23.0. The summed E-state index contributed by atoms with van der Waals surface area (Å²) in [7, 11) is 0. The largest absolute Gasteiger partial charge is 0.512 e. The van der Waals surface area contributed by atoms with Crippen LogP contribution in [0.2, 0.25) is 0 Å². The molecule has 0 amide bonds. The molecular formula is C39H38IrNO3-. The van der Waals surface area contributed by atoms with Crippen molar-refractivity contribution in [3.05, 3.63) is 90.5 Å². The maximum Gasteiger partial charge on any atom is 0.162 e. The van der Waals surface area contributed by atoms with Gasteiger partial charge in [-0.3, -0.25) is 9.78 Å². The molecule has 5 aromatic carbocycles. The second-order valence-corrected chi connectivity index (χ2v) is 11.6. The van der Waals surface area contributed by atoms with Crippen molar-refractivity contribution in [1.82, 2.24) is 4.98 Å². The first-order chi connectivity index (χ1) is 20.9. The number of nitrogens with zero attached hydrogens (tertiary/aromatic N) is 1. The van der Waals surface area contributed by atoms with Crippen LogP contribution >= 0.6 is 0 Å². The predicted molar refractivity (Wildman–Crippen MR) is 180 cm³/mol. The molecule has 7 aromatic rings. The van der Waals surface area contributed by atoms with E-state index >= 15 is 0 Å². The van der Waals surface area contributed by atoms with Gasteiger partial charge in [0.15, 0.2) is 5.78 Å². The van der Waals surface area contributed by atoms with Gasteiger partial charge in [-0.25, -0.2) is 0 Å². The second kappa shape index (κ2) is 13.1. The number of benzene rings is 5. The smallest absolute Gasteiger partial charge is 0.162 e. The Bertz CT molecular complexity index is 2130. The molecule has 0 spiro atoms. The van der Waals surface area contributed by atoms with E-state index in [1.165, 1.54) is 49.3 Å². The van der Waals surface area contributed by atoms with Gasteiger partial charge in [-0.1, -0.05) is 80.3 Å². The van der Waals surface area contributed by atoms with E-state index in [0.29, 0.717) is 0 Å². The molecule has 0 bridgehead atoms. The van der Waals surface area contributed by atoms with Crippen LogP contribution in [0.4, 0.5) is 0 Å². The molecule has 0 unspecified atom stereocenters. The molecule has 2 aromatic heterocycles. The monoisotopic (exact) mass is 761 g/mol. The van der Waals surface area contributed by atoms with Gasteiger partial charge in [0.25, 0.3) is 0 Å². The fourth-order valence-electron chi connectivity index (χ4n) is 6.67. The molecule has 2 heterocycles. The molecule has 44 heavy (non-hydrogen) atoms. The first-order valence-corrected chi connectivity index (χ1v) is 15.5. The number of pyridine rings is 1. The van der Waals surface area contributed by atoms with E-state index in [9.17, 15) is 9.90 Å². The Labute approximate surface area is 271 Å². The first kappa shape index (κ1) is 31.6. The van der Waals surface area contributed by atoms with Crippen molar-refractivity contribution in [3.8, 4) is 0 Å². The van der Waals surface area contributed by atoms with Crippen molar-refractivity contribution < 1.29 is 34.4 Å². The summed E-state index contributed by atoms with van der Waals surface area (Å²) in [4.78, 5) is 16.5. The summed E-state index contributed by atoms with van der Waals surface area (Å²) in [5.74, 6) is 0.547. The number of carbonyl (C=O) groups excluding carboxylic acids is 1. The van der Waals surface area contributed by atoms with Crippen molar-refractivity contribution in [3.63, 3.8) is 0 Å². The Morgan fingerprint density at radius 1 is 0.864 bits per heavy atom. The minimum absolute atomic E-state index is 0. The number of allylic oxidation sites excluding steroid dienone is 2. The summed E-state index contributed by atoms with van der Waals surface area (Å²) >= 11 is 0. The Kier molecular flexibility index (Phi) is 9.39. The van der Waals surface area contributed by atoms with E-state index in [1.54, 1.807) is 0 Å². The second-order valence-electron chi connectivity index (χ2n) is 11.6. The van der Waals surface area contributed by atoms with E-state index < -0.39 is 0 Å². The van der Waals surface area contributed by atoms with Crippen LogP contribution < -0.4 is 0 Å². The zero-order valence-electron chi connectivity index (χ0n) is 26.0. The molecule has 5 heteroatoms. The van der Waals surface area contributed by atoms with Crippen molar-refractivity contribution >= 4 is 70.7 Å². The first-order valence-electron chi connectivity index (χ1n) is 15.5. The molecule has 0 aliphatic carbocycles. The molecule has 0 fully saturated rings. The van der Waals surface area contributed by atoms with Crippen LogP contribution in [0.3, 0.4) is 0 Å². The number of aliphatic hydroxyl groups is 1. The molecule has 1 N–H and O–H groups in total. The van der Waals surface area contributed by atoms with Crippen molar-refractivity contribution in [2.24, 2.45) is 11.8 Å². The van der Waals surface area contributed by atoms with E-state index in [2.05, 4.69) is 67.6 Å². The van der Waals surface area contributed by atoms with Gasteiger partial charge in [-0.2, -0.15) is 0 Å². The van der Waals surface area contributed by atoms with Crippen LogP contribution in [0.1, 0.15) is 58.9 Å². The number of ketones is 1. The quantitative estimate of drug-likeness (QED) is 0.0578. The van der Waals surface area contributed by atoms with Crippen molar-refractivity contribution in [2.75, 3.05) is 0 Å². The number of fused-ring (bicyclic) bond motifs is 7. The van der Waals surface area contributed by atoms with Crippen molar-refractivity contribution in [1.29, 1.82) is 0 Å². The molecule has 0 saturated heterocycles. The third-order valence-electron chi connectivity index (χ3n) is 9.15. The SMILES string of the molecule is CCC(CC)C(=O)/C=C(\O)C(CC)CC.Cc1coc2c3ccnc4c5[c-]c6ccccc6cc5c5cccc(c12)c5c34.[Ir]. The molecular weight excluding hydrogens is 723 g/mol. The van der Waals surface area contributed by atoms with Gasteiger partial charge in [-0.05, 0) is 65.8 Å². The Hall–Kier alpha value is -3.79. The van der Waals surface area contributed by atoms with E-state index in [0.717, 1.165) is 52.9 Å². The number of hydrogen-bond donors (Lipinski definition) is 1. The predicted octanol–water partition coefficient (Wildman–Crippen LogP) is 11.0. The third kappa shape index (κ3) is 5.27. The van der Waals surface area contributed by atoms with Crippen LogP contribution in [0.25, 0.3) is 65.0 Å². The maximum atomic E-state index is 11.7. The molecule has 0 atom stereocenters. The number of furan rings is 1. The van der Waals surface area contributed by atoms with E-state index in [1.807, 2.05) is 40.2 Å². The average Bonchev–Trinajstić information content (AvgIpc) is 3.43. The Morgan fingerprint density at radius 3 is 2.30 bits per heavy atom. The van der Waals surface area contributed by atoms with Crippen LogP contribution in [-0.4, -0.2) is 15.9 Å². The fraction of sp³-hybridized carbons (Fsp3) is 0.282. The van der Waals surface area contributed by atoms with Gasteiger partial charge < -0.3 is 9.52 Å². The average molecular weight is 761 g/mol. The number of aryl methyl sites for hydroxylation is 1. The van der Waals surface area contributed by atoms with Gasteiger partial charge in [0.05, 0.1) is 12.0 Å². The normalized spacial score (nSPS) is 12.2. The minimum atomic E-state index is 0. The molecule has 4 nitrogen and oxygen atoms in total. The molecule has 0 aliphatic heterocycles. The van der Waals surface area contributed by atoms with E-state index in [-0.39, 0.29) is 43.5 Å². The van der Waals surface area contributed by atoms with Gasteiger partial charge in [0.2, 0.25) is 0 Å². The molecule has 7 rings (SSSR count). The van der Waals surface area contributed by atoms with Crippen LogP contribution in [-0.2, 0) is 24.9 Å². The Balaban J connectivity index is 0.000000209. The Morgan fingerprint density at radius 2 is 1.57 bits per heavy atom. The number of rotatable bonds is 7. The van der Waals surface area contributed by atoms with E-state index in [4.69, 9.17) is 9.40 Å². The van der Waals surface area contributed by atoms with Crippen LogP contribution in [0.15, 0.2) is 83.3 Å². The van der Waals surface area contributed by atoms with Gasteiger partial charge in [0, 0.05) is 60.5 Å². The summed E-state index contributed by atoms with van der Waals surface area (Å²) in [6.07, 6.45) is 8.66. The van der Waals surface area contributed by atoms with Gasteiger partial charge in [0.1, 0.15) is 5.58 Å². The summed E-state index contributed by atoms with van der Waals surface area (Å²) < 4.78 is 6.01. The maximum absolute atomic E-state index is 11.7. The number of aromatic nitrogens is 1. The zero-order valence-corrected chi connectivity index (χ0v) is 28.4. The zero-order chi connectivity index (χ0) is 30.2. The minimum Gasteiger partial charge on any atom is -0.512 e. The van der Waals surface area contributed by atoms with Crippen molar-refractivity contribution in [2.45, 2.75) is 60.3 Å². The molecule has 0 aliphatic rings. The molecule has 1 radical (unpaired) electrons.